The van der Waals surface area contributed by atoms with E-state index in [2.05, 4.69) is 35.2 Å². The van der Waals surface area contributed by atoms with Crippen molar-refractivity contribution in [2.45, 2.75) is 13.1 Å². The zero-order valence-corrected chi connectivity index (χ0v) is 17.6. The summed E-state index contributed by atoms with van der Waals surface area (Å²) < 4.78 is 1.63. The van der Waals surface area contributed by atoms with Crippen LogP contribution in [0.4, 0.5) is 11.6 Å². The van der Waals surface area contributed by atoms with E-state index >= 15 is 0 Å². The molecular weight excluding hydrogens is 404 g/mol. The highest BCUT2D eigenvalue weighted by Gasteiger charge is 2.22. The first-order chi connectivity index (χ1) is 15.8. The van der Waals surface area contributed by atoms with Crippen LogP contribution in [0, 0.1) is 0 Å². The number of carbonyl (C=O) groups excluding carboxylic acids is 1. The Morgan fingerprint density at radius 3 is 2.47 bits per heavy atom. The van der Waals surface area contributed by atoms with Crippen molar-refractivity contribution in [2.24, 2.45) is 0 Å². The lowest BCUT2D eigenvalue weighted by Crippen LogP contribution is -2.47. The molecule has 1 aliphatic rings. The summed E-state index contributed by atoms with van der Waals surface area (Å²) in [7, 11) is 0. The molecule has 5 rings (SSSR count). The molecule has 1 saturated heterocycles. The molecule has 0 radical (unpaired) electrons. The normalized spacial score (nSPS) is 14.0. The van der Waals surface area contributed by atoms with E-state index in [0.717, 1.165) is 48.8 Å². The van der Waals surface area contributed by atoms with Crippen molar-refractivity contribution >= 4 is 28.6 Å². The number of anilines is 2. The van der Waals surface area contributed by atoms with Crippen molar-refractivity contribution in [2.75, 3.05) is 36.0 Å². The van der Waals surface area contributed by atoms with Crippen LogP contribution in [-0.4, -0.2) is 56.8 Å². The first-order valence-corrected chi connectivity index (χ1v) is 10.7. The Morgan fingerprint density at radius 1 is 0.906 bits per heavy atom. The lowest BCUT2D eigenvalue weighted by molar-refractivity contribution is -0.121. The van der Waals surface area contributed by atoms with Gasteiger partial charge in [-0.1, -0.05) is 36.4 Å². The van der Waals surface area contributed by atoms with Crippen LogP contribution in [0.15, 0.2) is 67.3 Å². The van der Waals surface area contributed by atoms with Gasteiger partial charge in [-0.15, -0.1) is 0 Å². The third kappa shape index (κ3) is 4.22. The standard InChI is InChI=1S/C23H24N8O/c32-21(25-14-18-6-2-1-3-7-18)16-31-23-19(15-28-31)22(26-17-27-23)30-12-10-29(11-13-30)20-8-4-5-9-24-20/h1-9,15,17H,10-14,16H2,(H,25,32). The molecule has 9 heteroatoms. The quantitative estimate of drug-likeness (QED) is 0.501. The first kappa shape index (κ1) is 19.9. The van der Waals surface area contributed by atoms with Crippen LogP contribution >= 0.6 is 0 Å². The Kier molecular flexibility index (Phi) is 5.61. The number of amides is 1. The molecule has 1 amide bonds. The number of piperazine rings is 1. The number of fused-ring (bicyclic) bond motifs is 1. The van der Waals surface area contributed by atoms with Gasteiger partial charge in [-0.2, -0.15) is 5.10 Å². The SMILES string of the molecule is O=C(Cn1ncc2c(N3CCN(c4ccccn4)CC3)ncnc21)NCc1ccccc1. The van der Waals surface area contributed by atoms with Gasteiger partial charge in [-0.3, -0.25) is 4.79 Å². The molecule has 1 fully saturated rings. The van der Waals surface area contributed by atoms with Crippen LogP contribution in [0.5, 0.6) is 0 Å². The van der Waals surface area contributed by atoms with E-state index < -0.39 is 0 Å². The van der Waals surface area contributed by atoms with Crippen molar-refractivity contribution < 1.29 is 4.79 Å². The average Bonchev–Trinajstić information content (AvgIpc) is 3.27. The van der Waals surface area contributed by atoms with Gasteiger partial charge in [0.05, 0.1) is 11.6 Å². The molecule has 4 aromatic rings. The van der Waals surface area contributed by atoms with Crippen LogP contribution in [0.25, 0.3) is 11.0 Å². The average molecular weight is 429 g/mol. The van der Waals surface area contributed by atoms with Gasteiger partial charge in [-0.05, 0) is 17.7 Å². The summed E-state index contributed by atoms with van der Waals surface area (Å²) in [6, 6.07) is 15.8. The van der Waals surface area contributed by atoms with Gasteiger partial charge in [0.1, 0.15) is 24.5 Å². The lowest BCUT2D eigenvalue weighted by atomic mass is 10.2. The first-order valence-electron chi connectivity index (χ1n) is 10.7. The Morgan fingerprint density at radius 2 is 1.69 bits per heavy atom. The molecular formula is C23H24N8O. The van der Waals surface area contributed by atoms with Crippen LogP contribution in [0.1, 0.15) is 5.56 Å². The minimum atomic E-state index is -0.108. The molecule has 0 atom stereocenters. The van der Waals surface area contributed by atoms with Gasteiger partial charge in [0.25, 0.3) is 0 Å². The van der Waals surface area contributed by atoms with Gasteiger partial charge in [-0.25, -0.2) is 19.6 Å². The number of hydrogen-bond donors (Lipinski definition) is 1. The van der Waals surface area contributed by atoms with E-state index in [4.69, 9.17) is 0 Å². The number of nitrogens with one attached hydrogen (secondary N) is 1. The van der Waals surface area contributed by atoms with Gasteiger partial charge in [0.2, 0.25) is 5.91 Å². The highest BCUT2D eigenvalue weighted by Crippen LogP contribution is 2.24. The van der Waals surface area contributed by atoms with Crippen molar-refractivity contribution in [3.63, 3.8) is 0 Å². The molecule has 3 aromatic heterocycles. The van der Waals surface area contributed by atoms with Crippen LogP contribution in [0.2, 0.25) is 0 Å². The molecule has 162 valence electrons. The third-order valence-electron chi connectivity index (χ3n) is 5.59. The largest absolute Gasteiger partial charge is 0.353 e. The van der Waals surface area contributed by atoms with E-state index in [-0.39, 0.29) is 12.5 Å². The number of nitrogens with zero attached hydrogens (tertiary/aromatic N) is 7. The summed E-state index contributed by atoms with van der Waals surface area (Å²) in [6.07, 6.45) is 5.11. The Hall–Kier alpha value is -4.01. The van der Waals surface area contributed by atoms with Crippen molar-refractivity contribution in [3.05, 3.63) is 72.8 Å². The minimum Gasteiger partial charge on any atom is -0.353 e. The molecule has 4 heterocycles. The van der Waals surface area contributed by atoms with Gasteiger partial charge in [0.15, 0.2) is 5.65 Å². The maximum atomic E-state index is 12.4. The molecule has 0 saturated carbocycles. The maximum Gasteiger partial charge on any atom is 0.242 e. The van der Waals surface area contributed by atoms with Crippen LogP contribution in [-0.2, 0) is 17.9 Å². The Balaban J connectivity index is 1.26. The summed E-state index contributed by atoms with van der Waals surface area (Å²) in [5.41, 5.74) is 1.72. The van der Waals surface area contributed by atoms with Crippen molar-refractivity contribution in [3.8, 4) is 0 Å². The van der Waals surface area contributed by atoms with E-state index in [1.807, 2.05) is 54.7 Å². The molecule has 0 aliphatic carbocycles. The zero-order chi connectivity index (χ0) is 21.8. The topological polar surface area (TPSA) is 92.1 Å². The number of carbonyl (C=O) groups is 1. The fourth-order valence-corrected chi connectivity index (χ4v) is 3.92. The molecule has 0 bridgehead atoms. The molecule has 0 spiro atoms. The van der Waals surface area contributed by atoms with E-state index in [1.165, 1.54) is 0 Å². The second kappa shape index (κ2) is 9.01. The summed E-state index contributed by atoms with van der Waals surface area (Å²) in [4.78, 5) is 30.3. The number of rotatable bonds is 6. The maximum absolute atomic E-state index is 12.4. The van der Waals surface area contributed by atoms with Crippen molar-refractivity contribution in [1.82, 2.24) is 30.0 Å². The summed E-state index contributed by atoms with van der Waals surface area (Å²) in [6.45, 7) is 3.97. The smallest absolute Gasteiger partial charge is 0.242 e. The van der Waals surface area contributed by atoms with Crippen LogP contribution in [0.3, 0.4) is 0 Å². The second-order valence-electron chi connectivity index (χ2n) is 7.66. The van der Waals surface area contributed by atoms with E-state index in [1.54, 1.807) is 17.2 Å². The second-order valence-corrected chi connectivity index (χ2v) is 7.66. The predicted octanol–water partition coefficient (Wildman–Crippen LogP) is 1.86. The zero-order valence-electron chi connectivity index (χ0n) is 17.6. The van der Waals surface area contributed by atoms with Gasteiger partial charge < -0.3 is 15.1 Å². The van der Waals surface area contributed by atoms with Gasteiger partial charge in [0, 0.05) is 38.9 Å². The van der Waals surface area contributed by atoms with E-state index in [9.17, 15) is 4.79 Å². The molecule has 0 unspecified atom stereocenters. The summed E-state index contributed by atoms with van der Waals surface area (Å²) in [5, 5.41) is 8.21. The fraction of sp³-hybridized carbons (Fsp3) is 0.261. The number of pyridine rings is 1. The molecule has 32 heavy (non-hydrogen) atoms. The van der Waals surface area contributed by atoms with Crippen LogP contribution < -0.4 is 15.1 Å². The number of benzene rings is 1. The lowest BCUT2D eigenvalue weighted by Gasteiger charge is -2.36. The predicted molar refractivity (Wildman–Crippen MR) is 122 cm³/mol. The number of aromatic nitrogens is 5. The van der Waals surface area contributed by atoms with Crippen molar-refractivity contribution in [1.29, 1.82) is 0 Å². The Labute approximate surface area is 185 Å². The highest BCUT2D eigenvalue weighted by atomic mass is 16.2. The molecule has 9 nitrogen and oxygen atoms in total. The summed E-state index contributed by atoms with van der Waals surface area (Å²) >= 11 is 0. The Bertz CT molecular complexity index is 1190. The van der Waals surface area contributed by atoms with E-state index in [0.29, 0.717) is 12.2 Å². The monoisotopic (exact) mass is 428 g/mol. The molecule has 1 aliphatic heterocycles. The van der Waals surface area contributed by atoms with Gasteiger partial charge >= 0.3 is 0 Å². The third-order valence-corrected chi connectivity index (χ3v) is 5.59. The fourth-order valence-electron chi connectivity index (χ4n) is 3.92. The highest BCUT2D eigenvalue weighted by molar-refractivity contribution is 5.88. The number of hydrogen-bond acceptors (Lipinski definition) is 7. The summed E-state index contributed by atoms with van der Waals surface area (Å²) in [5.74, 6) is 1.74. The minimum absolute atomic E-state index is 0.108. The molecule has 1 aromatic carbocycles. The molecule has 1 N–H and O–H groups in total.